The zero-order valence-electron chi connectivity index (χ0n) is 16.8. The van der Waals surface area contributed by atoms with Crippen LogP contribution in [0, 0.1) is 0 Å². The topological polar surface area (TPSA) is 73.7 Å². The molecule has 0 atom stereocenters. The zero-order valence-corrected chi connectivity index (χ0v) is 17.6. The minimum absolute atomic E-state index is 0.0795. The summed E-state index contributed by atoms with van der Waals surface area (Å²) in [5.41, 5.74) is 2.82. The van der Waals surface area contributed by atoms with Crippen molar-refractivity contribution in [2.24, 2.45) is 0 Å². The van der Waals surface area contributed by atoms with E-state index < -0.39 is 5.97 Å². The standard InChI is InChI=1S/C23H20ClN3O4/c1-26(12-16-11-25-27(13-16)20-5-3-2-4-6-20)22(28)15-31-23(29)18-9-17-10-19(24)7-8-21(17)30-14-18/h2-11,13H,12,14-15H2,1H3. The number of fused-ring (bicyclic) bond motifs is 1. The van der Waals surface area contributed by atoms with Crippen LogP contribution in [-0.2, 0) is 20.9 Å². The van der Waals surface area contributed by atoms with E-state index in [4.69, 9.17) is 21.1 Å². The summed E-state index contributed by atoms with van der Waals surface area (Å²) >= 11 is 5.99. The Kier molecular flexibility index (Phi) is 6.04. The summed E-state index contributed by atoms with van der Waals surface area (Å²) in [4.78, 5) is 26.2. The maximum Gasteiger partial charge on any atom is 0.338 e. The highest BCUT2D eigenvalue weighted by molar-refractivity contribution is 6.30. The monoisotopic (exact) mass is 437 g/mol. The molecule has 31 heavy (non-hydrogen) atoms. The van der Waals surface area contributed by atoms with E-state index in [-0.39, 0.29) is 19.1 Å². The third-order valence-electron chi connectivity index (χ3n) is 4.78. The van der Waals surface area contributed by atoms with Crippen molar-refractivity contribution < 1.29 is 19.1 Å². The van der Waals surface area contributed by atoms with E-state index in [1.807, 2.05) is 36.5 Å². The molecule has 1 aliphatic heterocycles. The molecule has 158 valence electrons. The summed E-state index contributed by atoms with van der Waals surface area (Å²) in [6.07, 6.45) is 5.23. The van der Waals surface area contributed by atoms with Gasteiger partial charge in [-0.2, -0.15) is 5.10 Å². The highest BCUT2D eigenvalue weighted by Gasteiger charge is 2.20. The molecule has 0 radical (unpaired) electrons. The number of carbonyl (C=O) groups is 2. The molecule has 0 saturated carbocycles. The number of nitrogens with zero attached hydrogens (tertiary/aromatic N) is 3. The molecular weight excluding hydrogens is 418 g/mol. The van der Waals surface area contributed by atoms with Crippen LogP contribution in [-0.4, -0.2) is 46.8 Å². The van der Waals surface area contributed by atoms with Crippen molar-refractivity contribution >= 4 is 29.6 Å². The highest BCUT2D eigenvalue weighted by Crippen LogP contribution is 2.29. The fourth-order valence-corrected chi connectivity index (χ4v) is 3.30. The van der Waals surface area contributed by atoms with Crippen molar-refractivity contribution in [1.82, 2.24) is 14.7 Å². The number of rotatable bonds is 6. The number of likely N-dealkylation sites (N-methyl/N-ethyl adjacent to an activating group) is 1. The number of carbonyl (C=O) groups excluding carboxylic acids is 2. The van der Waals surface area contributed by atoms with Crippen LogP contribution in [0.5, 0.6) is 5.75 Å². The lowest BCUT2D eigenvalue weighted by Gasteiger charge is -2.19. The minimum atomic E-state index is -0.593. The third kappa shape index (κ3) is 4.95. The van der Waals surface area contributed by atoms with Gasteiger partial charge >= 0.3 is 5.97 Å². The number of aromatic nitrogens is 2. The molecular formula is C23H20ClN3O4. The molecule has 0 aliphatic carbocycles. The molecule has 7 nitrogen and oxygen atoms in total. The van der Waals surface area contributed by atoms with Gasteiger partial charge in [-0.25, -0.2) is 9.48 Å². The van der Waals surface area contributed by atoms with E-state index in [2.05, 4.69) is 5.10 Å². The molecule has 3 aromatic rings. The maximum atomic E-state index is 12.4. The van der Waals surface area contributed by atoms with Crippen LogP contribution < -0.4 is 4.74 Å². The van der Waals surface area contributed by atoms with Gasteiger partial charge in [-0.3, -0.25) is 4.79 Å². The number of halogens is 1. The third-order valence-corrected chi connectivity index (χ3v) is 5.01. The van der Waals surface area contributed by atoms with Gasteiger partial charge in [-0.05, 0) is 36.4 Å². The van der Waals surface area contributed by atoms with Gasteiger partial charge < -0.3 is 14.4 Å². The lowest BCUT2D eigenvalue weighted by atomic mass is 10.1. The molecule has 0 spiro atoms. The van der Waals surface area contributed by atoms with Gasteiger partial charge in [-0.15, -0.1) is 0 Å². The zero-order chi connectivity index (χ0) is 21.8. The first-order chi connectivity index (χ1) is 15.0. The van der Waals surface area contributed by atoms with Crippen LogP contribution in [0.15, 0.2) is 66.5 Å². The lowest BCUT2D eigenvalue weighted by molar-refractivity contribution is -0.148. The summed E-state index contributed by atoms with van der Waals surface area (Å²) in [7, 11) is 1.65. The fraction of sp³-hybridized carbons (Fsp3) is 0.174. The van der Waals surface area contributed by atoms with Crippen molar-refractivity contribution in [3.63, 3.8) is 0 Å². The van der Waals surface area contributed by atoms with Gasteiger partial charge in [0.1, 0.15) is 12.4 Å². The van der Waals surface area contributed by atoms with E-state index in [0.717, 1.165) is 11.3 Å². The fourth-order valence-electron chi connectivity index (χ4n) is 3.12. The molecule has 2 heterocycles. The Hall–Kier alpha value is -3.58. The van der Waals surface area contributed by atoms with Gasteiger partial charge in [0, 0.05) is 35.9 Å². The molecule has 1 amide bonds. The Morgan fingerprint density at radius 2 is 2.03 bits per heavy atom. The molecule has 0 fully saturated rings. The molecule has 1 aliphatic rings. The van der Waals surface area contributed by atoms with E-state index in [1.165, 1.54) is 4.90 Å². The van der Waals surface area contributed by atoms with E-state index in [9.17, 15) is 9.59 Å². The molecule has 2 aromatic carbocycles. The number of esters is 1. The van der Waals surface area contributed by atoms with Crippen molar-refractivity contribution in [3.8, 4) is 11.4 Å². The van der Waals surface area contributed by atoms with Crippen molar-refractivity contribution in [1.29, 1.82) is 0 Å². The van der Waals surface area contributed by atoms with Crippen LogP contribution >= 0.6 is 11.6 Å². The molecule has 0 saturated heterocycles. The van der Waals surface area contributed by atoms with Gasteiger partial charge in [0.05, 0.1) is 17.5 Å². The predicted octanol–water partition coefficient (Wildman–Crippen LogP) is 3.50. The predicted molar refractivity (Wildman–Crippen MR) is 116 cm³/mol. The van der Waals surface area contributed by atoms with Crippen LogP contribution in [0.25, 0.3) is 11.8 Å². The van der Waals surface area contributed by atoms with Crippen LogP contribution in [0.2, 0.25) is 5.02 Å². The average molecular weight is 438 g/mol. The Morgan fingerprint density at radius 1 is 1.23 bits per heavy atom. The van der Waals surface area contributed by atoms with Crippen LogP contribution in [0.3, 0.4) is 0 Å². The lowest BCUT2D eigenvalue weighted by Crippen LogP contribution is -2.31. The summed E-state index contributed by atoms with van der Waals surface area (Å²) in [5, 5.41) is 4.86. The first kappa shape index (κ1) is 20.7. The van der Waals surface area contributed by atoms with Gasteiger partial charge in [0.25, 0.3) is 5.91 Å². The van der Waals surface area contributed by atoms with E-state index >= 15 is 0 Å². The van der Waals surface area contributed by atoms with Crippen molar-refractivity contribution in [2.75, 3.05) is 20.3 Å². The Morgan fingerprint density at radius 3 is 2.84 bits per heavy atom. The second kappa shape index (κ2) is 9.06. The summed E-state index contributed by atoms with van der Waals surface area (Å²) in [6.45, 7) is 0.0684. The van der Waals surface area contributed by atoms with E-state index in [0.29, 0.717) is 28.5 Å². The van der Waals surface area contributed by atoms with Gasteiger partial charge in [0.2, 0.25) is 0 Å². The Bertz CT molecular complexity index is 1140. The van der Waals surface area contributed by atoms with Gasteiger partial charge in [-0.1, -0.05) is 29.8 Å². The molecule has 0 unspecified atom stereocenters. The second-order valence-corrected chi connectivity index (χ2v) is 7.53. The van der Waals surface area contributed by atoms with E-state index in [1.54, 1.807) is 42.2 Å². The first-order valence-corrected chi connectivity index (χ1v) is 10.0. The molecule has 4 rings (SSSR count). The van der Waals surface area contributed by atoms with Gasteiger partial charge in [0.15, 0.2) is 6.61 Å². The molecule has 1 aromatic heterocycles. The summed E-state index contributed by atoms with van der Waals surface area (Å²) < 4.78 is 12.5. The van der Waals surface area contributed by atoms with Crippen molar-refractivity contribution in [2.45, 2.75) is 6.54 Å². The number of benzene rings is 2. The molecule has 0 N–H and O–H groups in total. The normalized spacial score (nSPS) is 12.4. The average Bonchev–Trinajstić information content (AvgIpc) is 3.25. The van der Waals surface area contributed by atoms with Crippen molar-refractivity contribution in [3.05, 3.63) is 82.6 Å². The number of ether oxygens (including phenoxy) is 2. The van der Waals surface area contributed by atoms with Crippen LogP contribution in [0.1, 0.15) is 11.1 Å². The number of amides is 1. The first-order valence-electron chi connectivity index (χ1n) is 9.62. The smallest absolute Gasteiger partial charge is 0.338 e. The quantitative estimate of drug-likeness (QED) is 0.552. The summed E-state index contributed by atoms with van der Waals surface area (Å²) in [6, 6.07) is 14.9. The highest BCUT2D eigenvalue weighted by atomic mass is 35.5. The molecule has 0 bridgehead atoms. The Labute approximate surface area is 184 Å². The minimum Gasteiger partial charge on any atom is -0.488 e. The maximum absolute atomic E-state index is 12.4. The summed E-state index contributed by atoms with van der Waals surface area (Å²) in [5.74, 6) is -0.265. The Balaban J connectivity index is 1.31. The number of hydrogen-bond acceptors (Lipinski definition) is 5. The van der Waals surface area contributed by atoms with Crippen LogP contribution in [0.4, 0.5) is 0 Å². The second-order valence-electron chi connectivity index (χ2n) is 7.10. The largest absolute Gasteiger partial charge is 0.488 e. The number of para-hydroxylation sites is 1. The molecule has 8 heteroatoms. The SMILES string of the molecule is CN(Cc1cnn(-c2ccccc2)c1)C(=O)COC(=O)C1=Cc2cc(Cl)ccc2OC1. The number of hydrogen-bond donors (Lipinski definition) is 0.